The van der Waals surface area contributed by atoms with Gasteiger partial charge in [-0.3, -0.25) is 0 Å². The van der Waals surface area contributed by atoms with Gasteiger partial charge in [-0.15, -0.1) is 0 Å². The molecule has 0 amide bonds. The van der Waals surface area contributed by atoms with Crippen LogP contribution in [0.4, 0.5) is 0 Å². The fourth-order valence-electron chi connectivity index (χ4n) is 1.26. The fourth-order valence-corrected chi connectivity index (χ4v) is 1.26. The number of carbonyl (C=O) groups excluding carboxylic acids is 1. The second kappa shape index (κ2) is 5.22. The summed E-state index contributed by atoms with van der Waals surface area (Å²) in [5, 5.41) is 0. The number of hydrogen-bond donors (Lipinski definition) is 0. The molecule has 76 valence electrons. The Morgan fingerprint density at radius 2 is 2.15 bits per heavy atom. The van der Waals surface area contributed by atoms with Crippen LogP contribution in [0.1, 0.15) is 39.5 Å². The second-order valence-corrected chi connectivity index (χ2v) is 3.40. The minimum absolute atomic E-state index is 0.143. The van der Waals surface area contributed by atoms with E-state index in [9.17, 15) is 4.79 Å². The molecule has 2 atom stereocenters. The van der Waals surface area contributed by atoms with Gasteiger partial charge in [-0.05, 0) is 12.8 Å². The van der Waals surface area contributed by atoms with Gasteiger partial charge in [0.1, 0.15) is 0 Å². The van der Waals surface area contributed by atoms with Crippen LogP contribution in [0.2, 0.25) is 0 Å². The van der Waals surface area contributed by atoms with Crippen molar-refractivity contribution < 1.29 is 14.3 Å². The molecule has 0 aliphatic carbocycles. The summed E-state index contributed by atoms with van der Waals surface area (Å²) < 4.78 is 10.2. The molecule has 1 heterocycles. The van der Waals surface area contributed by atoms with Crippen LogP contribution in [0.3, 0.4) is 0 Å². The molecule has 1 rings (SSSR count). The average Bonchev–Trinajstić information content (AvgIpc) is 2.90. The average molecular weight is 186 g/mol. The molecule has 0 aromatic heterocycles. The summed E-state index contributed by atoms with van der Waals surface area (Å²) in [7, 11) is 0. The fraction of sp³-hybridized carbons (Fsp3) is 0.900. The molecule has 2 unspecified atom stereocenters. The van der Waals surface area contributed by atoms with Crippen molar-refractivity contribution in [2.24, 2.45) is 0 Å². The zero-order valence-corrected chi connectivity index (χ0v) is 8.41. The first-order valence-corrected chi connectivity index (χ1v) is 5.11. The van der Waals surface area contributed by atoms with Gasteiger partial charge in [-0.25, -0.2) is 4.79 Å². The van der Waals surface area contributed by atoms with E-state index in [1.54, 1.807) is 0 Å². The topological polar surface area (TPSA) is 38.8 Å². The van der Waals surface area contributed by atoms with E-state index in [4.69, 9.17) is 9.47 Å². The highest BCUT2D eigenvalue weighted by atomic mass is 16.6. The molecule has 0 saturated carbocycles. The normalized spacial score (nSPS) is 25.7. The third kappa shape index (κ3) is 3.35. The molecule has 0 N–H and O–H groups in total. The highest BCUT2D eigenvalue weighted by Crippen LogP contribution is 2.28. The van der Waals surface area contributed by atoms with E-state index in [0.717, 1.165) is 25.7 Å². The summed E-state index contributed by atoms with van der Waals surface area (Å²) in [6.45, 7) is 4.63. The molecule has 3 heteroatoms. The molecule has 0 radical (unpaired) electrons. The molecule has 0 spiro atoms. The standard InChI is InChI=1S/C10H18O3/c1-3-5-6-8-9(13-8)10(11)12-7-4-2/h8-9H,3-7H2,1-2H3. The van der Waals surface area contributed by atoms with Gasteiger partial charge in [-0.2, -0.15) is 0 Å². The molecular formula is C10H18O3. The molecular weight excluding hydrogens is 168 g/mol. The first-order chi connectivity index (χ1) is 6.29. The lowest BCUT2D eigenvalue weighted by Crippen LogP contribution is -2.14. The van der Waals surface area contributed by atoms with Crippen molar-refractivity contribution in [3.8, 4) is 0 Å². The molecule has 1 saturated heterocycles. The first kappa shape index (κ1) is 10.5. The molecule has 0 bridgehead atoms. The van der Waals surface area contributed by atoms with E-state index < -0.39 is 0 Å². The summed E-state index contributed by atoms with van der Waals surface area (Å²) >= 11 is 0. The molecule has 3 nitrogen and oxygen atoms in total. The van der Waals surface area contributed by atoms with Gasteiger partial charge in [-0.1, -0.05) is 26.7 Å². The van der Waals surface area contributed by atoms with E-state index in [2.05, 4.69) is 6.92 Å². The van der Waals surface area contributed by atoms with Crippen molar-refractivity contribution >= 4 is 5.97 Å². The Morgan fingerprint density at radius 3 is 2.77 bits per heavy atom. The van der Waals surface area contributed by atoms with Crippen LogP contribution in [-0.4, -0.2) is 24.8 Å². The van der Waals surface area contributed by atoms with Crippen molar-refractivity contribution in [1.82, 2.24) is 0 Å². The molecule has 1 fully saturated rings. The Bertz CT molecular complexity index is 168. The lowest BCUT2D eigenvalue weighted by atomic mass is 10.1. The highest BCUT2D eigenvalue weighted by Gasteiger charge is 2.45. The van der Waals surface area contributed by atoms with Gasteiger partial charge in [0.05, 0.1) is 12.7 Å². The Labute approximate surface area is 79.4 Å². The van der Waals surface area contributed by atoms with E-state index in [1.807, 2.05) is 6.92 Å². The third-order valence-corrected chi connectivity index (χ3v) is 2.11. The molecule has 0 aromatic rings. The Balaban J connectivity index is 2.07. The van der Waals surface area contributed by atoms with Gasteiger partial charge in [0.15, 0.2) is 6.10 Å². The predicted octanol–water partition coefficient (Wildman–Crippen LogP) is 1.90. The zero-order chi connectivity index (χ0) is 9.68. The smallest absolute Gasteiger partial charge is 0.338 e. The van der Waals surface area contributed by atoms with Gasteiger partial charge in [0.2, 0.25) is 0 Å². The maximum absolute atomic E-state index is 11.2. The minimum Gasteiger partial charge on any atom is -0.464 e. The van der Waals surface area contributed by atoms with E-state index in [0.29, 0.717) is 6.61 Å². The predicted molar refractivity (Wildman–Crippen MR) is 49.4 cm³/mol. The van der Waals surface area contributed by atoms with Crippen LogP contribution in [0.15, 0.2) is 0 Å². The van der Waals surface area contributed by atoms with Crippen LogP contribution >= 0.6 is 0 Å². The number of hydrogen-bond acceptors (Lipinski definition) is 3. The maximum atomic E-state index is 11.2. The summed E-state index contributed by atoms with van der Waals surface area (Å²) in [4.78, 5) is 11.2. The van der Waals surface area contributed by atoms with Crippen LogP contribution in [0.25, 0.3) is 0 Å². The number of epoxide rings is 1. The summed E-state index contributed by atoms with van der Waals surface area (Å²) in [6, 6.07) is 0. The largest absolute Gasteiger partial charge is 0.464 e. The minimum atomic E-state index is -0.252. The van der Waals surface area contributed by atoms with Gasteiger partial charge < -0.3 is 9.47 Å². The molecule has 0 aromatic carbocycles. The van der Waals surface area contributed by atoms with Crippen LogP contribution in [0.5, 0.6) is 0 Å². The van der Waals surface area contributed by atoms with Crippen LogP contribution in [-0.2, 0) is 14.3 Å². The van der Waals surface area contributed by atoms with Crippen molar-refractivity contribution in [2.75, 3.05) is 6.61 Å². The lowest BCUT2D eigenvalue weighted by molar-refractivity contribution is -0.145. The van der Waals surface area contributed by atoms with Crippen LogP contribution in [0, 0.1) is 0 Å². The summed E-state index contributed by atoms with van der Waals surface area (Å²) in [6.07, 6.45) is 4.03. The van der Waals surface area contributed by atoms with Crippen molar-refractivity contribution in [1.29, 1.82) is 0 Å². The first-order valence-electron chi connectivity index (χ1n) is 5.11. The molecule has 13 heavy (non-hydrogen) atoms. The number of unbranched alkanes of at least 4 members (excludes halogenated alkanes) is 1. The third-order valence-electron chi connectivity index (χ3n) is 2.11. The second-order valence-electron chi connectivity index (χ2n) is 3.40. The highest BCUT2D eigenvalue weighted by molar-refractivity contribution is 5.77. The quantitative estimate of drug-likeness (QED) is 0.469. The maximum Gasteiger partial charge on any atom is 0.338 e. The Hall–Kier alpha value is -0.570. The summed E-state index contributed by atoms with van der Waals surface area (Å²) in [5.74, 6) is -0.178. The monoisotopic (exact) mass is 186 g/mol. The van der Waals surface area contributed by atoms with Gasteiger partial charge in [0.25, 0.3) is 0 Å². The van der Waals surface area contributed by atoms with Gasteiger partial charge in [0, 0.05) is 0 Å². The van der Waals surface area contributed by atoms with Crippen molar-refractivity contribution in [3.63, 3.8) is 0 Å². The molecule has 1 aliphatic heterocycles. The van der Waals surface area contributed by atoms with Crippen LogP contribution < -0.4 is 0 Å². The zero-order valence-electron chi connectivity index (χ0n) is 8.41. The van der Waals surface area contributed by atoms with E-state index in [1.165, 1.54) is 0 Å². The number of esters is 1. The van der Waals surface area contributed by atoms with Gasteiger partial charge >= 0.3 is 5.97 Å². The molecule has 1 aliphatic rings. The summed E-state index contributed by atoms with van der Waals surface area (Å²) in [5.41, 5.74) is 0. The number of rotatable bonds is 6. The Morgan fingerprint density at radius 1 is 1.38 bits per heavy atom. The lowest BCUT2D eigenvalue weighted by Gasteiger charge is -1.98. The Kier molecular flexibility index (Phi) is 4.22. The van der Waals surface area contributed by atoms with E-state index >= 15 is 0 Å². The van der Waals surface area contributed by atoms with Crippen molar-refractivity contribution in [2.45, 2.75) is 51.7 Å². The van der Waals surface area contributed by atoms with E-state index in [-0.39, 0.29) is 18.2 Å². The SMILES string of the molecule is CCCCC1OC1C(=O)OCCC. The number of carbonyl (C=O) groups is 1. The van der Waals surface area contributed by atoms with Crippen molar-refractivity contribution in [3.05, 3.63) is 0 Å². The number of ether oxygens (including phenoxy) is 2.